The van der Waals surface area contributed by atoms with Gasteiger partial charge in [-0.05, 0) is 61.7 Å². The van der Waals surface area contributed by atoms with E-state index in [1.54, 1.807) is 7.11 Å². The van der Waals surface area contributed by atoms with Gasteiger partial charge in [-0.3, -0.25) is 4.98 Å². The summed E-state index contributed by atoms with van der Waals surface area (Å²) in [5.41, 5.74) is 3.60. The molecule has 0 radical (unpaired) electrons. The van der Waals surface area contributed by atoms with Crippen molar-refractivity contribution < 1.29 is 4.74 Å². The van der Waals surface area contributed by atoms with Crippen LogP contribution in [-0.4, -0.2) is 18.6 Å². The first kappa shape index (κ1) is 15.5. The molecular formula is C18H24N2O. The van der Waals surface area contributed by atoms with Crippen LogP contribution in [0.2, 0.25) is 0 Å². The Kier molecular flexibility index (Phi) is 5.76. The van der Waals surface area contributed by atoms with Crippen molar-refractivity contribution in [3.05, 3.63) is 59.4 Å². The molecule has 0 aliphatic rings. The van der Waals surface area contributed by atoms with Gasteiger partial charge in [-0.2, -0.15) is 0 Å². The lowest BCUT2D eigenvalue weighted by Gasteiger charge is -2.19. The largest absolute Gasteiger partial charge is 0.497 e. The molecular weight excluding hydrogens is 260 g/mol. The molecule has 0 fully saturated rings. The van der Waals surface area contributed by atoms with Gasteiger partial charge in [0.05, 0.1) is 18.8 Å². The number of ether oxygens (including phenoxy) is 1. The topological polar surface area (TPSA) is 34.1 Å². The summed E-state index contributed by atoms with van der Waals surface area (Å²) in [5.74, 6) is 0.902. The highest BCUT2D eigenvalue weighted by Crippen LogP contribution is 2.20. The molecule has 0 saturated carbocycles. The molecule has 21 heavy (non-hydrogen) atoms. The van der Waals surface area contributed by atoms with E-state index in [0.29, 0.717) is 0 Å². The van der Waals surface area contributed by atoms with Gasteiger partial charge in [0.25, 0.3) is 0 Å². The van der Waals surface area contributed by atoms with Crippen molar-refractivity contribution in [1.29, 1.82) is 0 Å². The molecule has 0 bridgehead atoms. The highest BCUT2D eigenvalue weighted by molar-refractivity contribution is 5.30. The molecule has 2 rings (SSSR count). The van der Waals surface area contributed by atoms with Crippen LogP contribution in [-0.2, 0) is 6.42 Å². The summed E-state index contributed by atoms with van der Waals surface area (Å²) in [5, 5.41) is 3.60. The van der Waals surface area contributed by atoms with Crippen LogP contribution in [0.15, 0.2) is 42.6 Å². The van der Waals surface area contributed by atoms with E-state index in [1.165, 1.54) is 11.1 Å². The minimum Gasteiger partial charge on any atom is -0.497 e. The minimum atomic E-state index is 0.233. The van der Waals surface area contributed by atoms with Crippen LogP contribution < -0.4 is 10.1 Å². The van der Waals surface area contributed by atoms with Crippen molar-refractivity contribution in [2.75, 3.05) is 13.7 Å². The first-order valence-corrected chi connectivity index (χ1v) is 7.51. The number of nitrogens with zero attached hydrogens (tertiary/aromatic N) is 1. The number of nitrogens with one attached hydrogen (secondary N) is 1. The maximum atomic E-state index is 5.31. The number of hydrogen-bond donors (Lipinski definition) is 1. The molecule has 2 aromatic rings. The SMILES string of the molecule is CCCNC(Cc1cccc(OC)c1)c1cc(C)ccn1. The average molecular weight is 284 g/mol. The van der Waals surface area contributed by atoms with Crippen LogP contribution in [0.5, 0.6) is 5.75 Å². The van der Waals surface area contributed by atoms with Crippen LogP contribution in [0, 0.1) is 6.92 Å². The number of aryl methyl sites for hydroxylation is 1. The third-order valence-corrected chi connectivity index (χ3v) is 3.51. The third-order valence-electron chi connectivity index (χ3n) is 3.51. The molecule has 0 aliphatic heterocycles. The molecule has 112 valence electrons. The summed E-state index contributed by atoms with van der Waals surface area (Å²) in [7, 11) is 1.70. The predicted molar refractivity (Wildman–Crippen MR) is 86.7 cm³/mol. The predicted octanol–water partition coefficient (Wildman–Crippen LogP) is 3.68. The maximum Gasteiger partial charge on any atom is 0.119 e. The highest BCUT2D eigenvalue weighted by atomic mass is 16.5. The van der Waals surface area contributed by atoms with Crippen LogP contribution >= 0.6 is 0 Å². The van der Waals surface area contributed by atoms with Crippen molar-refractivity contribution >= 4 is 0 Å². The normalized spacial score (nSPS) is 12.1. The van der Waals surface area contributed by atoms with E-state index < -0.39 is 0 Å². The number of pyridine rings is 1. The Morgan fingerprint density at radius 3 is 2.81 bits per heavy atom. The Labute approximate surface area is 127 Å². The first-order chi connectivity index (χ1) is 10.2. The van der Waals surface area contributed by atoms with E-state index in [0.717, 1.165) is 30.8 Å². The Balaban J connectivity index is 2.19. The Morgan fingerprint density at radius 2 is 2.10 bits per heavy atom. The zero-order chi connectivity index (χ0) is 15.1. The van der Waals surface area contributed by atoms with Crippen LogP contribution in [0.4, 0.5) is 0 Å². The van der Waals surface area contributed by atoms with Gasteiger partial charge in [-0.15, -0.1) is 0 Å². The molecule has 0 aliphatic carbocycles. The first-order valence-electron chi connectivity index (χ1n) is 7.51. The second-order valence-corrected chi connectivity index (χ2v) is 5.32. The zero-order valence-electron chi connectivity index (χ0n) is 13.1. The zero-order valence-corrected chi connectivity index (χ0v) is 13.1. The van der Waals surface area contributed by atoms with Crippen LogP contribution in [0.25, 0.3) is 0 Å². The fraction of sp³-hybridized carbons (Fsp3) is 0.389. The minimum absolute atomic E-state index is 0.233. The van der Waals surface area contributed by atoms with E-state index >= 15 is 0 Å². The van der Waals surface area contributed by atoms with Crippen molar-refractivity contribution in [1.82, 2.24) is 10.3 Å². The molecule has 1 N–H and O–H groups in total. The van der Waals surface area contributed by atoms with E-state index in [4.69, 9.17) is 4.74 Å². The smallest absolute Gasteiger partial charge is 0.119 e. The molecule has 0 amide bonds. The van der Waals surface area contributed by atoms with E-state index in [-0.39, 0.29) is 6.04 Å². The monoisotopic (exact) mass is 284 g/mol. The summed E-state index contributed by atoms with van der Waals surface area (Å²) >= 11 is 0. The van der Waals surface area contributed by atoms with Gasteiger partial charge >= 0.3 is 0 Å². The van der Waals surface area contributed by atoms with Gasteiger partial charge in [0, 0.05) is 6.20 Å². The highest BCUT2D eigenvalue weighted by Gasteiger charge is 2.13. The van der Waals surface area contributed by atoms with E-state index in [9.17, 15) is 0 Å². The molecule has 3 heteroatoms. The summed E-state index contributed by atoms with van der Waals surface area (Å²) in [6.07, 6.45) is 3.91. The lowest BCUT2D eigenvalue weighted by Crippen LogP contribution is -2.25. The molecule has 1 atom stereocenters. The molecule has 1 aromatic heterocycles. The number of hydrogen-bond acceptors (Lipinski definition) is 3. The Bertz CT molecular complexity index is 569. The lowest BCUT2D eigenvalue weighted by atomic mass is 10.0. The maximum absolute atomic E-state index is 5.31. The van der Waals surface area contributed by atoms with Crippen molar-refractivity contribution in [3.8, 4) is 5.75 Å². The van der Waals surface area contributed by atoms with Gasteiger partial charge in [0.1, 0.15) is 5.75 Å². The molecule has 1 heterocycles. The molecule has 1 aromatic carbocycles. The number of aromatic nitrogens is 1. The van der Waals surface area contributed by atoms with Crippen LogP contribution in [0.3, 0.4) is 0 Å². The number of methoxy groups -OCH3 is 1. The summed E-state index contributed by atoms with van der Waals surface area (Å²) in [6.45, 7) is 5.27. The fourth-order valence-corrected chi connectivity index (χ4v) is 2.39. The number of rotatable bonds is 7. The molecule has 1 unspecified atom stereocenters. The number of benzene rings is 1. The van der Waals surface area contributed by atoms with Gasteiger partial charge < -0.3 is 10.1 Å². The van der Waals surface area contributed by atoms with E-state index in [2.05, 4.69) is 42.3 Å². The lowest BCUT2D eigenvalue weighted by molar-refractivity contribution is 0.413. The van der Waals surface area contributed by atoms with Crippen molar-refractivity contribution in [2.45, 2.75) is 32.7 Å². The van der Waals surface area contributed by atoms with Gasteiger partial charge in [-0.25, -0.2) is 0 Å². The van der Waals surface area contributed by atoms with E-state index in [1.807, 2.05) is 24.4 Å². The molecule has 0 saturated heterocycles. The van der Waals surface area contributed by atoms with Crippen molar-refractivity contribution in [3.63, 3.8) is 0 Å². The summed E-state index contributed by atoms with van der Waals surface area (Å²) < 4.78 is 5.31. The third kappa shape index (κ3) is 4.57. The molecule has 0 spiro atoms. The average Bonchev–Trinajstić information content (AvgIpc) is 2.51. The Hall–Kier alpha value is -1.87. The second kappa shape index (κ2) is 7.79. The molecule has 3 nitrogen and oxygen atoms in total. The fourth-order valence-electron chi connectivity index (χ4n) is 2.39. The van der Waals surface area contributed by atoms with Crippen molar-refractivity contribution in [2.24, 2.45) is 0 Å². The summed E-state index contributed by atoms with van der Waals surface area (Å²) in [6, 6.07) is 12.7. The van der Waals surface area contributed by atoms with Gasteiger partial charge in [0.2, 0.25) is 0 Å². The van der Waals surface area contributed by atoms with Gasteiger partial charge in [0.15, 0.2) is 0 Å². The van der Waals surface area contributed by atoms with Crippen LogP contribution in [0.1, 0.15) is 36.2 Å². The standard InChI is InChI=1S/C18H24N2O/c1-4-9-19-18(17-11-14(2)8-10-20-17)13-15-6-5-7-16(12-15)21-3/h5-8,10-12,18-19H,4,9,13H2,1-3H3. The second-order valence-electron chi connectivity index (χ2n) is 5.32. The summed E-state index contributed by atoms with van der Waals surface area (Å²) in [4.78, 5) is 4.54. The quantitative estimate of drug-likeness (QED) is 0.842. The Morgan fingerprint density at radius 1 is 1.24 bits per heavy atom. The van der Waals surface area contributed by atoms with Gasteiger partial charge in [-0.1, -0.05) is 19.1 Å².